The Balaban J connectivity index is 2.23. The van der Waals surface area contributed by atoms with Crippen molar-refractivity contribution in [2.45, 2.75) is 13.2 Å². The number of nitrogens with zero attached hydrogens (tertiary/aromatic N) is 1. The van der Waals surface area contributed by atoms with Gasteiger partial charge in [0.2, 0.25) is 5.88 Å². The molecule has 19 heavy (non-hydrogen) atoms. The molecule has 0 fully saturated rings. The van der Waals surface area contributed by atoms with Gasteiger partial charge in [0.05, 0.1) is 19.4 Å². The molecule has 0 unspecified atom stereocenters. The maximum atomic E-state index is 13.0. The molecule has 2 aromatic rings. The number of aliphatic hydroxyl groups is 1. The Kier molecular flexibility index (Phi) is 4.43. The second kappa shape index (κ2) is 6.26. The molecule has 0 bridgehead atoms. The van der Waals surface area contributed by atoms with Crippen LogP contribution in [-0.2, 0) is 18.0 Å². The summed E-state index contributed by atoms with van der Waals surface area (Å²) in [4.78, 5) is 3.83. The monoisotopic (exact) mass is 263 g/mol. The lowest BCUT2D eigenvalue weighted by Crippen LogP contribution is -1.97. The molecule has 1 N–H and O–H groups in total. The number of halogens is 1. The highest BCUT2D eigenvalue weighted by Crippen LogP contribution is 2.24. The normalized spacial score (nSPS) is 10.5. The molecule has 5 heteroatoms. The van der Waals surface area contributed by atoms with Crippen LogP contribution in [0, 0.1) is 5.82 Å². The van der Waals surface area contributed by atoms with E-state index in [0.29, 0.717) is 17.9 Å². The van der Waals surface area contributed by atoms with Crippen LogP contribution in [0.5, 0.6) is 11.6 Å². The maximum Gasteiger partial charge on any atom is 0.224 e. The number of hydrogen-bond donors (Lipinski definition) is 1. The van der Waals surface area contributed by atoms with E-state index in [9.17, 15) is 4.39 Å². The van der Waals surface area contributed by atoms with Crippen molar-refractivity contribution in [2.75, 3.05) is 7.11 Å². The third-order valence-corrected chi connectivity index (χ3v) is 2.49. The van der Waals surface area contributed by atoms with E-state index < -0.39 is 5.82 Å². The van der Waals surface area contributed by atoms with Crippen LogP contribution >= 0.6 is 0 Å². The number of hydrogen-bond acceptors (Lipinski definition) is 4. The van der Waals surface area contributed by atoms with E-state index in [4.69, 9.17) is 14.6 Å². The largest absolute Gasteiger partial charge is 0.439 e. The molecule has 0 spiro atoms. The van der Waals surface area contributed by atoms with E-state index in [-0.39, 0.29) is 12.5 Å². The number of aromatic nitrogens is 1. The molecule has 0 saturated heterocycles. The quantitative estimate of drug-likeness (QED) is 0.901. The second-order valence-electron chi connectivity index (χ2n) is 3.96. The maximum absolute atomic E-state index is 13.0. The fraction of sp³-hybridized carbons (Fsp3) is 0.214. The molecular formula is C14H14FNO3. The van der Waals surface area contributed by atoms with Gasteiger partial charge in [0.1, 0.15) is 11.6 Å². The first-order chi connectivity index (χ1) is 9.22. The molecule has 100 valence electrons. The Morgan fingerprint density at radius 3 is 2.89 bits per heavy atom. The fourth-order valence-electron chi connectivity index (χ4n) is 1.65. The van der Waals surface area contributed by atoms with Crippen LogP contribution in [0.3, 0.4) is 0 Å². The van der Waals surface area contributed by atoms with Gasteiger partial charge in [-0.1, -0.05) is 12.1 Å². The Hall–Kier alpha value is -1.98. The third kappa shape index (κ3) is 3.49. The molecule has 0 saturated carbocycles. The standard InChI is InChI=1S/C14H14FNO3/c1-18-9-10-3-2-4-13(5-10)19-14-11(8-17)6-12(15)7-16-14/h2-7,17H,8-9H2,1H3. The predicted octanol–water partition coefficient (Wildman–Crippen LogP) is 2.65. The van der Waals surface area contributed by atoms with Gasteiger partial charge in [-0.15, -0.1) is 0 Å². The van der Waals surface area contributed by atoms with Crippen LogP contribution in [0.4, 0.5) is 4.39 Å². The Labute approximate surface area is 110 Å². The van der Waals surface area contributed by atoms with Crippen LogP contribution < -0.4 is 4.74 Å². The summed E-state index contributed by atoms with van der Waals surface area (Å²) < 4.78 is 23.6. The van der Waals surface area contributed by atoms with Crippen molar-refractivity contribution >= 4 is 0 Å². The average molecular weight is 263 g/mol. The van der Waals surface area contributed by atoms with Gasteiger partial charge in [-0.25, -0.2) is 9.37 Å². The minimum absolute atomic E-state index is 0.193. The van der Waals surface area contributed by atoms with Gasteiger partial charge in [0, 0.05) is 12.7 Å². The molecule has 0 aliphatic rings. The minimum Gasteiger partial charge on any atom is -0.439 e. The van der Waals surface area contributed by atoms with E-state index in [2.05, 4.69) is 4.98 Å². The van der Waals surface area contributed by atoms with Crippen molar-refractivity contribution in [3.05, 3.63) is 53.5 Å². The highest BCUT2D eigenvalue weighted by Gasteiger charge is 2.08. The van der Waals surface area contributed by atoms with Gasteiger partial charge >= 0.3 is 0 Å². The number of aliphatic hydroxyl groups excluding tert-OH is 1. The summed E-state index contributed by atoms with van der Waals surface area (Å²) in [6.07, 6.45) is 1.05. The van der Waals surface area contributed by atoms with Crippen LogP contribution in [0.2, 0.25) is 0 Å². The summed E-state index contributed by atoms with van der Waals surface area (Å²) in [5, 5.41) is 9.15. The molecule has 2 rings (SSSR count). The summed E-state index contributed by atoms with van der Waals surface area (Å²) in [6, 6.07) is 8.48. The number of benzene rings is 1. The first kappa shape index (κ1) is 13.5. The first-order valence-electron chi connectivity index (χ1n) is 5.74. The molecule has 1 aromatic carbocycles. The highest BCUT2D eigenvalue weighted by atomic mass is 19.1. The van der Waals surface area contributed by atoms with Crippen molar-refractivity contribution in [1.29, 1.82) is 0 Å². The Morgan fingerprint density at radius 1 is 1.32 bits per heavy atom. The zero-order valence-electron chi connectivity index (χ0n) is 10.5. The van der Waals surface area contributed by atoms with Gasteiger partial charge in [-0.2, -0.15) is 0 Å². The van der Waals surface area contributed by atoms with Crippen molar-refractivity contribution in [3.63, 3.8) is 0 Å². The van der Waals surface area contributed by atoms with Crippen molar-refractivity contribution in [3.8, 4) is 11.6 Å². The van der Waals surface area contributed by atoms with E-state index in [1.807, 2.05) is 12.1 Å². The average Bonchev–Trinajstić information content (AvgIpc) is 2.41. The lowest BCUT2D eigenvalue weighted by Gasteiger charge is -2.09. The molecule has 1 aromatic heterocycles. The van der Waals surface area contributed by atoms with Crippen LogP contribution in [0.15, 0.2) is 36.5 Å². The molecule has 0 aliphatic carbocycles. The van der Waals surface area contributed by atoms with Crippen molar-refractivity contribution in [2.24, 2.45) is 0 Å². The minimum atomic E-state index is -0.510. The Bertz CT molecular complexity index is 560. The first-order valence-corrected chi connectivity index (χ1v) is 5.74. The van der Waals surface area contributed by atoms with Crippen LogP contribution in [0.1, 0.15) is 11.1 Å². The summed E-state index contributed by atoms with van der Waals surface area (Å²) in [6.45, 7) is 0.138. The number of methoxy groups -OCH3 is 1. The van der Waals surface area contributed by atoms with Gasteiger partial charge in [0.25, 0.3) is 0 Å². The number of rotatable bonds is 5. The topological polar surface area (TPSA) is 51.6 Å². The summed E-state index contributed by atoms with van der Waals surface area (Å²) in [5.74, 6) is 0.242. The fourth-order valence-corrected chi connectivity index (χ4v) is 1.65. The molecule has 0 amide bonds. The van der Waals surface area contributed by atoms with E-state index in [1.54, 1.807) is 19.2 Å². The zero-order valence-corrected chi connectivity index (χ0v) is 10.5. The Morgan fingerprint density at radius 2 is 2.16 bits per heavy atom. The molecular weight excluding hydrogens is 249 g/mol. The van der Waals surface area contributed by atoms with Gasteiger partial charge < -0.3 is 14.6 Å². The van der Waals surface area contributed by atoms with Crippen LogP contribution in [-0.4, -0.2) is 17.2 Å². The molecule has 1 heterocycles. The van der Waals surface area contributed by atoms with E-state index >= 15 is 0 Å². The summed E-state index contributed by atoms with van der Waals surface area (Å²) in [5.41, 5.74) is 1.25. The van der Waals surface area contributed by atoms with Crippen molar-refractivity contribution < 1.29 is 19.0 Å². The molecule has 0 aliphatic heterocycles. The second-order valence-corrected chi connectivity index (χ2v) is 3.96. The third-order valence-electron chi connectivity index (χ3n) is 2.49. The number of pyridine rings is 1. The smallest absolute Gasteiger partial charge is 0.224 e. The lowest BCUT2D eigenvalue weighted by molar-refractivity contribution is 0.184. The molecule has 0 atom stereocenters. The summed E-state index contributed by atoms with van der Waals surface area (Å²) in [7, 11) is 1.61. The summed E-state index contributed by atoms with van der Waals surface area (Å²) >= 11 is 0. The lowest BCUT2D eigenvalue weighted by atomic mass is 10.2. The van der Waals surface area contributed by atoms with E-state index in [0.717, 1.165) is 11.8 Å². The zero-order chi connectivity index (χ0) is 13.7. The predicted molar refractivity (Wildman–Crippen MR) is 67.3 cm³/mol. The van der Waals surface area contributed by atoms with Crippen molar-refractivity contribution in [1.82, 2.24) is 4.98 Å². The molecule has 4 nitrogen and oxygen atoms in total. The van der Waals surface area contributed by atoms with Gasteiger partial charge in [-0.3, -0.25) is 0 Å². The highest BCUT2D eigenvalue weighted by molar-refractivity contribution is 5.34. The van der Waals surface area contributed by atoms with E-state index in [1.165, 1.54) is 6.07 Å². The van der Waals surface area contributed by atoms with Gasteiger partial charge in [-0.05, 0) is 23.8 Å². The van der Waals surface area contributed by atoms with Crippen LogP contribution in [0.25, 0.3) is 0 Å². The number of ether oxygens (including phenoxy) is 2. The SMILES string of the molecule is COCc1cccc(Oc2ncc(F)cc2CO)c1. The molecule has 0 radical (unpaired) electrons. The van der Waals surface area contributed by atoms with Gasteiger partial charge in [0.15, 0.2) is 0 Å².